The van der Waals surface area contributed by atoms with Crippen LogP contribution in [-0.2, 0) is 5.41 Å². The fraction of sp³-hybridized carbons (Fsp3) is 0.300. The third kappa shape index (κ3) is 6.26. The Morgan fingerprint density at radius 2 is 1.33 bits per heavy atom. The monoisotopic (exact) mass is 482 g/mol. The maximum Gasteiger partial charge on any atom is 0.181 e. The van der Waals surface area contributed by atoms with Gasteiger partial charge in [0.2, 0.25) is 0 Å². The number of hydrogen-bond donors (Lipinski definition) is 3. The number of rotatable bonds is 4. The zero-order chi connectivity index (χ0) is 26.1. The Morgan fingerprint density at radius 1 is 0.722 bits per heavy atom. The van der Waals surface area contributed by atoms with Crippen molar-refractivity contribution in [2.24, 2.45) is 4.99 Å². The molecule has 1 aromatic heterocycles. The van der Waals surface area contributed by atoms with E-state index in [9.17, 15) is 0 Å². The van der Waals surface area contributed by atoms with Crippen LogP contribution < -0.4 is 10.9 Å². The summed E-state index contributed by atoms with van der Waals surface area (Å²) in [6.07, 6.45) is -0.124. The molecule has 6 heteroatoms. The first-order chi connectivity index (χ1) is 17.5. The molecule has 0 amide bonds. The maximum atomic E-state index is 4.89. The highest BCUT2D eigenvalue weighted by atomic mass is 15.5. The molecule has 3 aromatic carbocycles. The van der Waals surface area contributed by atoms with Crippen molar-refractivity contribution in [3.05, 3.63) is 95.6 Å². The summed E-state index contributed by atoms with van der Waals surface area (Å²) >= 11 is 0. The molecule has 1 atom stereocenters. The summed E-state index contributed by atoms with van der Waals surface area (Å²) in [6, 6.07) is 26.7. The van der Waals surface area contributed by atoms with Crippen molar-refractivity contribution in [2.75, 3.05) is 0 Å². The number of hydrazine groups is 1. The molecule has 188 valence electrons. The summed E-state index contributed by atoms with van der Waals surface area (Å²) in [5, 5.41) is 7.58. The standard InChI is InChI=1S/C26H26N6.2C2H6/c1-26(2,3)21-15-19(24-27-22(29-31-24)17-10-6-4-7-11-17)14-20(16-21)25-28-23(30-32-25)18-12-8-5-9-13-18;2*1-2/h4-16,22,29H,1-3H3,(H,27,31)(H,28,30,32);2*1-2H3. The van der Waals surface area contributed by atoms with Crippen LogP contribution in [0.4, 0.5) is 0 Å². The van der Waals surface area contributed by atoms with E-state index in [0.717, 1.165) is 33.9 Å². The molecule has 0 aliphatic carbocycles. The normalized spacial score (nSPS) is 14.5. The predicted molar refractivity (Wildman–Crippen MR) is 151 cm³/mol. The van der Waals surface area contributed by atoms with E-state index in [0.29, 0.717) is 5.82 Å². The number of aromatic amines is 1. The number of H-pyrrole nitrogens is 1. The molecule has 36 heavy (non-hydrogen) atoms. The van der Waals surface area contributed by atoms with Gasteiger partial charge < -0.3 is 5.43 Å². The van der Waals surface area contributed by atoms with Gasteiger partial charge in [-0.15, -0.1) is 0 Å². The summed E-state index contributed by atoms with van der Waals surface area (Å²) in [6.45, 7) is 14.6. The molecule has 0 fully saturated rings. The van der Waals surface area contributed by atoms with Crippen LogP contribution in [0.1, 0.15) is 71.3 Å². The van der Waals surface area contributed by atoms with E-state index < -0.39 is 0 Å². The van der Waals surface area contributed by atoms with Crippen LogP contribution in [0, 0.1) is 0 Å². The van der Waals surface area contributed by atoms with Crippen LogP contribution in [0.5, 0.6) is 0 Å². The van der Waals surface area contributed by atoms with Crippen molar-refractivity contribution >= 4 is 5.84 Å². The molecule has 1 unspecified atom stereocenters. The van der Waals surface area contributed by atoms with Gasteiger partial charge in [-0.1, -0.05) is 109 Å². The second-order valence-electron chi connectivity index (χ2n) is 8.98. The number of amidine groups is 1. The smallest absolute Gasteiger partial charge is 0.181 e. The van der Waals surface area contributed by atoms with Crippen LogP contribution in [0.25, 0.3) is 22.8 Å². The van der Waals surface area contributed by atoms with Crippen molar-refractivity contribution in [1.82, 2.24) is 26.0 Å². The highest BCUT2D eigenvalue weighted by Crippen LogP contribution is 2.30. The van der Waals surface area contributed by atoms with E-state index in [4.69, 9.17) is 9.98 Å². The SMILES string of the molecule is CC.CC.CC(C)(C)c1cc(C2=NC(c3ccccc3)NN2)cc(-c2n[nH]c(-c3ccccc3)n2)c1. The van der Waals surface area contributed by atoms with Gasteiger partial charge in [0, 0.05) is 16.7 Å². The van der Waals surface area contributed by atoms with E-state index >= 15 is 0 Å². The van der Waals surface area contributed by atoms with Gasteiger partial charge in [0.25, 0.3) is 0 Å². The maximum absolute atomic E-state index is 4.89. The minimum absolute atomic E-state index is 0.0330. The number of hydrogen-bond acceptors (Lipinski definition) is 5. The Hall–Kier alpha value is -3.77. The zero-order valence-corrected chi connectivity index (χ0v) is 22.4. The largest absolute Gasteiger partial charge is 0.303 e. The Kier molecular flexibility index (Phi) is 9.14. The Bertz CT molecular complexity index is 1250. The van der Waals surface area contributed by atoms with E-state index in [1.807, 2.05) is 76.2 Å². The van der Waals surface area contributed by atoms with Crippen molar-refractivity contribution in [3.63, 3.8) is 0 Å². The summed E-state index contributed by atoms with van der Waals surface area (Å²) in [4.78, 5) is 9.65. The molecule has 2 heterocycles. The lowest BCUT2D eigenvalue weighted by molar-refractivity contribution is 0.575. The van der Waals surface area contributed by atoms with Crippen molar-refractivity contribution in [3.8, 4) is 22.8 Å². The lowest BCUT2D eigenvalue weighted by atomic mass is 9.85. The summed E-state index contributed by atoms with van der Waals surface area (Å²) in [5.41, 5.74) is 11.8. The average Bonchev–Trinajstić information content (AvgIpc) is 3.62. The molecule has 0 spiro atoms. The van der Waals surface area contributed by atoms with Crippen LogP contribution in [0.15, 0.2) is 83.9 Å². The topological polar surface area (TPSA) is 78.0 Å². The predicted octanol–water partition coefficient (Wildman–Crippen LogP) is 7.04. The number of aliphatic imine (C=N–C) groups is 1. The molecule has 1 aliphatic heterocycles. The number of benzene rings is 3. The first-order valence-electron chi connectivity index (χ1n) is 12.8. The highest BCUT2D eigenvalue weighted by Gasteiger charge is 2.23. The molecule has 0 saturated carbocycles. The van der Waals surface area contributed by atoms with E-state index in [1.165, 1.54) is 5.56 Å². The molecular formula is C30H38N6. The summed E-state index contributed by atoms with van der Waals surface area (Å²) in [5.74, 6) is 2.23. The number of nitrogens with zero attached hydrogens (tertiary/aromatic N) is 3. The average molecular weight is 483 g/mol. The van der Waals surface area contributed by atoms with Crippen molar-refractivity contribution < 1.29 is 0 Å². The fourth-order valence-electron chi connectivity index (χ4n) is 3.71. The molecule has 1 aliphatic rings. The van der Waals surface area contributed by atoms with E-state index in [-0.39, 0.29) is 11.6 Å². The van der Waals surface area contributed by atoms with Gasteiger partial charge in [-0.3, -0.25) is 5.10 Å². The summed E-state index contributed by atoms with van der Waals surface area (Å²) < 4.78 is 0. The van der Waals surface area contributed by atoms with Gasteiger partial charge in [-0.2, -0.15) is 5.10 Å². The fourth-order valence-corrected chi connectivity index (χ4v) is 3.71. The second-order valence-corrected chi connectivity index (χ2v) is 8.98. The molecule has 5 rings (SSSR count). The van der Waals surface area contributed by atoms with Gasteiger partial charge in [-0.05, 0) is 34.7 Å². The molecule has 4 aromatic rings. The Labute approximate surface area is 215 Å². The lowest BCUT2D eigenvalue weighted by Crippen LogP contribution is -2.32. The quantitative estimate of drug-likeness (QED) is 0.291. The first kappa shape index (κ1) is 26.8. The Balaban J connectivity index is 0.000000861. The molecular weight excluding hydrogens is 444 g/mol. The molecule has 0 bridgehead atoms. The van der Waals surface area contributed by atoms with Gasteiger partial charge >= 0.3 is 0 Å². The zero-order valence-electron chi connectivity index (χ0n) is 22.4. The Morgan fingerprint density at radius 3 is 1.97 bits per heavy atom. The van der Waals surface area contributed by atoms with Gasteiger partial charge in [0.1, 0.15) is 12.0 Å². The third-order valence-electron chi connectivity index (χ3n) is 5.56. The molecule has 6 nitrogen and oxygen atoms in total. The second kappa shape index (κ2) is 12.3. The van der Waals surface area contributed by atoms with Crippen molar-refractivity contribution in [2.45, 2.75) is 60.0 Å². The van der Waals surface area contributed by atoms with Crippen LogP contribution in [0.2, 0.25) is 0 Å². The lowest BCUT2D eigenvalue weighted by Gasteiger charge is -2.21. The van der Waals surface area contributed by atoms with Gasteiger partial charge in [0.15, 0.2) is 11.6 Å². The molecule has 0 saturated heterocycles. The highest BCUT2D eigenvalue weighted by molar-refractivity contribution is 6.00. The van der Waals surface area contributed by atoms with Crippen LogP contribution >= 0.6 is 0 Å². The number of aromatic nitrogens is 3. The van der Waals surface area contributed by atoms with Crippen molar-refractivity contribution in [1.29, 1.82) is 0 Å². The van der Waals surface area contributed by atoms with Gasteiger partial charge in [-0.25, -0.2) is 15.4 Å². The molecule has 3 N–H and O–H groups in total. The van der Waals surface area contributed by atoms with Crippen LogP contribution in [0.3, 0.4) is 0 Å². The van der Waals surface area contributed by atoms with E-state index in [2.05, 4.69) is 72.2 Å². The minimum Gasteiger partial charge on any atom is -0.303 e. The van der Waals surface area contributed by atoms with Gasteiger partial charge in [0.05, 0.1) is 0 Å². The minimum atomic E-state index is -0.124. The number of nitrogens with one attached hydrogen (secondary N) is 3. The van der Waals surface area contributed by atoms with E-state index in [1.54, 1.807) is 0 Å². The summed E-state index contributed by atoms with van der Waals surface area (Å²) in [7, 11) is 0. The first-order valence-corrected chi connectivity index (χ1v) is 12.8. The third-order valence-corrected chi connectivity index (χ3v) is 5.56. The van der Waals surface area contributed by atoms with Crippen LogP contribution in [-0.4, -0.2) is 21.0 Å². The molecule has 0 radical (unpaired) electrons.